The van der Waals surface area contributed by atoms with Crippen molar-refractivity contribution >= 4 is 35.2 Å². The number of rotatable bonds is 6. The van der Waals surface area contributed by atoms with Crippen LogP contribution in [0.5, 0.6) is 0 Å². The van der Waals surface area contributed by atoms with E-state index in [4.69, 9.17) is 0 Å². The van der Waals surface area contributed by atoms with E-state index in [2.05, 4.69) is 58.0 Å². The first-order valence-electron chi connectivity index (χ1n) is 6.86. The second kappa shape index (κ2) is 7.85. The molecule has 2 rings (SSSR count). The van der Waals surface area contributed by atoms with Crippen LogP contribution in [0.1, 0.15) is 19.7 Å². The average Bonchev–Trinajstić information content (AvgIpc) is 2.46. The molecule has 0 aliphatic carbocycles. The fraction of sp³-hybridized carbons (Fsp3) is 0.692. The SMILES string of the molecule is CCNc1cc(NCC2CSCCS2)nc(CC)n1. The topological polar surface area (TPSA) is 49.8 Å². The summed E-state index contributed by atoms with van der Waals surface area (Å²) in [5, 5.41) is 7.42. The van der Waals surface area contributed by atoms with Crippen molar-refractivity contribution < 1.29 is 0 Å². The van der Waals surface area contributed by atoms with Gasteiger partial charge in [-0.05, 0) is 6.92 Å². The van der Waals surface area contributed by atoms with Crippen LogP contribution in [0, 0.1) is 0 Å². The van der Waals surface area contributed by atoms with Gasteiger partial charge in [0.15, 0.2) is 0 Å². The van der Waals surface area contributed by atoms with Gasteiger partial charge in [0.1, 0.15) is 17.5 Å². The molecule has 0 amide bonds. The Morgan fingerprint density at radius 1 is 1.21 bits per heavy atom. The third-order valence-electron chi connectivity index (χ3n) is 2.84. The van der Waals surface area contributed by atoms with Crippen molar-refractivity contribution in [3.05, 3.63) is 11.9 Å². The first-order chi connectivity index (χ1) is 9.31. The van der Waals surface area contributed by atoms with Gasteiger partial charge in [0.25, 0.3) is 0 Å². The van der Waals surface area contributed by atoms with E-state index in [1.165, 1.54) is 17.3 Å². The molecular weight excluding hydrogens is 276 g/mol. The number of aryl methyl sites for hydroxylation is 1. The van der Waals surface area contributed by atoms with Gasteiger partial charge in [-0.3, -0.25) is 0 Å². The third kappa shape index (κ3) is 4.76. The summed E-state index contributed by atoms with van der Waals surface area (Å²) < 4.78 is 0. The minimum atomic E-state index is 0.696. The number of nitrogens with one attached hydrogen (secondary N) is 2. The standard InChI is InChI=1S/C13H22N4S2/c1-3-11-16-12(14-4-2)7-13(17-11)15-8-10-9-18-5-6-19-10/h7,10H,3-6,8-9H2,1-2H3,(H2,14,15,16,17). The molecule has 1 saturated heterocycles. The lowest BCUT2D eigenvalue weighted by molar-refractivity contribution is 0.921. The van der Waals surface area contributed by atoms with E-state index < -0.39 is 0 Å². The molecule has 0 radical (unpaired) electrons. The van der Waals surface area contributed by atoms with Gasteiger partial charge in [-0.15, -0.1) is 0 Å². The molecule has 0 bridgehead atoms. The van der Waals surface area contributed by atoms with Crippen LogP contribution in [0.3, 0.4) is 0 Å². The van der Waals surface area contributed by atoms with E-state index >= 15 is 0 Å². The number of nitrogens with zero attached hydrogens (tertiary/aromatic N) is 2. The Morgan fingerprint density at radius 3 is 2.63 bits per heavy atom. The van der Waals surface area contributed by atoms with Crippen molar-refractivity contribution in [1.82, 2.24) is 9.97 Å². The van der Waals surface area contributed by atoms with Crippen LogP contribution >= 0.6 is 23.5 Å². The van der Waals surface area contributed by atoms with Crippen molar-refractivity contribution in [2.24, 2.45) is 0 Å². The normalized spacial score (nSPS) is 19.2. The summed E-state index contributed by atoms with van der Waals surface area (Å²) >= 11 is 4.12. The smallest absolute Gasteiger partial charge is 0.132 e. The van der Waals surface area contributed by atoms with Gasteiger partial charge < -0.3 is 10.6 Å². The summed E-state index contributed by atoms with van der Waals surface area (Å²) in [6, 6.07) is 2.00. The maximum Gasteiger partial charge on any atom is 0.132 e. The monoisotopic (exact) mass is 298 g/mol. The zero-order chi connectivity index (χ0) is 13.5. The van der Waals surface area contributed by atoms with E-state index in [0.29, 0.717) is 5.25 Å². The number of hydrogen-bond donors (Lipinski definition) is 2. The van der Waals surface area contributed by atoms with Crippen molar-refractivity contribution in [1.29, 1.82) is 0 Å². The molecule has 1 aromatic heterocycles. The van der Waals surface area contributed by atoms with Crippen LogP contribution in [-0.2, 0) is 6.42 Å². The minimum Gasteiger partial charge on any atom is -0.370 e. The Balaban J connectivity index is 1.95. The molecule has 1 aliphatic rings. The highest BCUT2D eigenvalue weighted by molar-refractivity contribution is 8.06. The van der Waals surface area contributed by atoms with Gasteiger partial charge >= 0.3 is 0 Å². The predicted octanol–water partition coefficient (Wildman–Crippen LogP) is 2.73. The van der Waals surface area contributed by atoms with Crippen LogP contribution in [0.15, 0.2) is 6.07 Å². The predicted molar refractivity (Wildman–Crippen MR) is 87.6 cm³/mol. The zero-order valence-corrected chi connectivity index (χ0v) is 13.2. The summed E-state index contributed by atoms with van der Waals surface area (Å²) in [6.45, 7) is 6.04. The summed E-state index contributed by atoms with van der Waals surface area (Å²) in [6.07, 6.45) is 0.863. The fourth-order valence-corrected chi connectivity index (χ4v) is 4.50. The average molecular weight is 298 g/mol. The van der Waals surface area contributed by atoms with Crippen LogP contribution in [0.25, 0.3) is 0 Å². The van der Waals surface area contributed by atoms with E-state index in [9.17, 15) is 0 Å². The van der Waals surface area contributed by atoms with E-state index in [1.807, 2.05) is 6.07 Å². The molecule has 1 atom stereocenters. The van der Waals surface area contributed by atoms with Crippen LogP contribution in [0.4, 0.5) is 11.6 Å². The van der Waals surface area contributed by atoms with Crippen LogP contribution < -0.4 is 10.6 Å². The molecule has 2 heterocycles. The molecule has 1 fully saturated rings. The van der Waals surface area contributed by atoms with Gasteiger partial charge in [-0.25, -0.2) is 9.97 Å². The van der Waals surface area contributed by atoms with E-state index in [-0.39, 0.29) is 0 Å². The van der Waals surface area contributed by atoms with E-state index in [0.717, 1.165) is 37.0 Å². The summed E-state index contributed by atoms with van der Waals surface area (Å²) in [5.74, 6) is 6.56. The minimum absolute atomic E-state index is 0.696. The second-order valence-corrected chi connectivity index (χ2v) is 6.95. The third-order valence-corrected chi connectivity index (χ3v) is 5.69. The van der Waals surface area contributed by atoms with Gasteiger partial charge in [0.05, 0.1) is 0 Å². The summed E-state index contributed by atoms with van der Waals surface area (Å²) in [4.78, 5) is 9.01. The lowest BCUT2D eigenvalue weighted by Gasteiger charge is -2.21. The maximum absolute atomic E-state index is 4.54. The molecule has 6 heteroatoms. The first kappa shape index (κ1) is 14.8. The molecule has 1 aliphatic heterocycles. The van der Waals surface area contributed by atoms with Gasteiger partial charge in [0, 0.05) is 48.1 Å². The fourth-order valence-electron chi connectivity index (χ4n) is 1.89. The van der Waals surface area contributed by atoms with Crippen LogP contribution in [0.2, 0.25) is 0 Å². The Bertz CT molecular complexity index is 394. The lowest BCUT2D eigenvalue weighted by Crippen LogP contribution is -2.23. The van der Waals surface area contributed by atoms with Crippen molar-refractivity contribution in [2.75, 3.05) is 41.0 Å². The Kier molecular flexibility index (Phi) is 6.10. The highest BCUT2D eigenvalue weighted by Gasteiger charge is 2.14. The second-order valence-electron chi connectivity index (χ2n) is 4.39. The Labute approximate surface area is 123 Å². The molecule has 0 spiro atoms. The largest absolute Gasteiger partial charge is 0.370 e. The molecule has 1 unspecified atom stereocenters. The maximum atomic E-state index is 4.54. The number of hydrogen-bond acceptors (Lipinski definition) is 6. The van der Waals surface area contributed by atoms with Gasteiger partial charge in [-0.2, -0.15) is 23.5 Å². The molecule has 0 saturated carbocycles. The summed E-state index contributed by atoms with van der Waals surface area (Å²) in [5.41, 5.74) is 0. The zero-order valence-electron chi connectivity index (χ0n) is 11.6. The quantitative estimate of drug-likeness (QED) is 0.842. The van der Waals surface area contributed by atoms with Crippen molar-refractivity contribution in [3.63, 3.8) is 0 Å². The molecule has 4 nitrogen and oxygen atoms in total. The molecule has 1 aromatic rings. The molecule has 0 aromatic carbocycles. The number of aromatic nitrogens is 2. The van der Waals surface area contributed by atoms with Crippen molar-refractivity contribution in [2.45, 2.75) is 25.5 Å². The Hall–Kier alpha value is -0.620. The summed E-state index contributed by atoms with van der Waals surface area (Å²) in [7, 11) is 0. The highest BCUT2D eigenvalue weighted by Crippen LogP contribution is 2.24. The van der Waals surface area contributed by atoms with Crippen LogP contribution in [-0.4, -0.2) is 45.6 Å². The number of anilines is 2. The lowest BCUT2D eigenvalue weighted by atomic mass is 10.4. The molecular formula is C13H22N4S2. The highest BCUT2D eigenvalue weighted by atomic mass is 32.2. The molecule has 106 valence electrons. The first-order valence-corrected chi connectivity index (χ1v) is 9.07. The van der Waals surface area contributed by atoms with Crippen molar-refractivity contribution in [3.8, 4) is 0 Å². The molecule has 19 heavy (non-hydrogen) atoms. The van der Waals surface area contributed by atoms with Gasteiger partial charge in [0.2, 0.25) is 0 Å². The van der Waals surface area contributed by atoms with Gasteiger partial charge in [-0.1, -0.05) is 6.92 Å². The number of thioether (sulfide) groups is 2. The van der Waals surface area contributed by atoms with E-state index in [1.54, 1.807) is 0 Å². The molecule has 2 N–H and O–H groups in total. The Morgan fingerprint density at radius 2 is 2.00 bits per heavy atom.